The van der Waals surface area contributed by atoms with Gasteiger partial charge in [-0.1, -0.05) is 49.0 Å². The summed E-state index contributed by atoms with van der Waals surface area (Å²) in [6.07, 6.45) is 5.41. The first kappa shape index (κ1) is 25.1. The van der Waals surface area contributed by atoms with Gasteiger partial charge in [-0.05, 0) is 49.0 Å². The number of ether oxygens (including phenoxy) is 2. The molecule has 2 aromatic carbocycles. The molecule has 1 fully saturated rings. The van der Waals surface area contributed by atoms with Gasteiger partial charge in [0.15, 0.2) is 11.4 Å². The third-order valence-corrected chi connectivity index (χ3v) is 7.92. The molecule has 0 unspecified atom stereocenters. The second kappa shape index (κ2) is 10.5. The lowest BCUT2D eigenvalue weighted by atomic mass is 9.99. The van der Waals surface area contributed by atoms with E-state index in [1.165, 1.54) is 17.2 Å². The number of nitrogens with zero attached hydrogens (tertiary/aromatic N) is 4. The summed E-state index contributed by atoms with van der Waals surface area (Å²) in [5.74, 6) is 1.10. The molecule has 0 radical (unpaired) electrons. The van der Waals surface area contributed by atoms with Crippen LogP contribution in [0.2, 0.25) is 0 Å². The van der Waals surface area contributed by atoms with Crippen molar-refractivity contribution in [2.24, 2.45) is 0 Å². The minimum absolute atomic E-state index is 0.0280. The van der Waals surface area contributed by atoms with Gasteiger partial charge in [0.1, 0.15) is 5.69 Å². The second-order valence-electron chi connectivity index (χ2n) is 10.1. The Morgan fingerprint density at radius 3 is 2.54 bits per heavy atom. The summed E-state index contributed by atoms with van der Waals surface area (Å²) in [4.78, 5) is 18.9. The lowest BCUT2D eigenvalue weighted by Crippen LogP contribution is -2.45. The predicted molar refractivity (Wildman–Crippen MR) is 151 cm³/mol. The minimum atomic E-state index is 0.0280. The highest BCUT2D eigenvalue weighted by molar-refractivity contribution is 5.87. The van der Waals surface area contributed by atoms with Crippen molar-refractivity contribution in [1.82, 2.24) is 24.8 Å². The first-order chi connectivity index (χ1) is 19.1. The summed E-state index contributed by atoms with van der Waals surface area (Å²) in [5, 5.41) is 8.58. The van der Waals surface area contributed by atoms with Gasteiger partial charge < -0.3 is 19.7 Å². The monoisotopic (exact) mass is 523 g/mol. The van der Waals surface area contributed by atoms with Gasteiger partial charge in [0.2, 0.25) is 11.8 Å². The van der Waals surface area contributed by atoms with Crippen molar-refractivity contribution in [3.63, 3.8) is 0 Å². The fraction of sp³-hybridized carbons (Fsp3) is 0.323. The largest absolute Gasteiger partial charge is 0.493 e. The summed E-state index contributed by atoms with van der Waals surface area (Å²) >= 11 is 0. The van der Waals surface area contributed by atoms with Crippen molar-refractivity contribution in [1.29, 1.82) is 0 Å². The van der Waals surface area contributed by atoms with Crippen LogP contribution in [0, 0.1) is 0 Å². The second-order valence-corrected chi connectivity index (χ2v) is 10.1. The van der Waals surface area contributed by atoms with E-state index in [4.69, 9.17) is 19.6 Å². The number of fused-ring (bicyclic) bond motifs is 2. The average Bonchev–Trinajstić information content (AvgIpc) is 3.58. The van der Waals surface area contributed by atoms with Gasteiger partial charge in [-0.15, -0.1) is 5.10 Å². The van der Waals surface area contributed by atoms with Crippen LogP contribution < -0.4 is 14.8 Å². The van der Waals surface area contributed by atoms with E-state index in [0.717, 1.165) is 61.3 Å². The maximum Gasteiger partial charge on any atom is 0.245 e. The van der Waals surface area contributed by atoms with Crippen molar-refractivity contribution >= 4 is 11.6 Å². The number of carbonyl (C=O) groups is 1. The highest BCUT2D eigenvalue weighted by Gasteiger charge is 2.29. The number of benzene rings is 2. The van der Waals surface area contributed by atoms with E-state index < -0.39 is 0 Å². The molecule has 1 atom stereocenters. The molecule has 1 N–H and O–H groups in total. The third-order valence-electron chi connectivity index (χ3n) is 7.92. The van der Waals surface area contributed by atoms with E-state index in [1.807, 2.05) is 27.6 Å². The SMILES string of the molecule is C=CC(=O)N1CCC(N[C@H]2CCc3cc(-c4nc5c(OC)cc(OC)nn5c4-c4ccccc4)ccc32)CC1. The molecular formula is C31H33N5O3. The van der Waals surface area contributed by atoms with Gasteiger partial charge >= 0.3 is 0 Å². The van der Waals surface area contributed by atoms with Gasteiger partial charge in [0.25, 0.3) is 0 Å². The summed E-state index contributed by atoms with van der Waals surface area (Å²) in [5.41, 5.74) is 7.17. The normalized spacial score (nSPS) is 17.3. The Morgan fingerprint density at radius 2 is 1.82 bits per heavy atom. The van der Waals surface area contributed by atoms with Crippen LogP contribution in [0.5, 0.6) is 11.6 Å². The van der Waals surface area contributed by atoms with Crippen LogP contribution in [-0.4, -0.2) is 58.8 Å². The Bertz CT molecular complexity index is 1520. The molecule has 1 amide bonds. The number of piperidine rings is 1. The fourth-order valence-electron chi connectivity index (χ4n) is 5.90. The Morgan fingerprint density at radius 1 is 1.03 bits per heavy atom. The van der Waals surface area contributed by atoms with Gasteiger partial charge in [-0.3, -0.25) is 4.79 Å². The summed E-state index contributed by atoms with van der Waals surface area (Å²) < 4.78 is 12.9. The van der Waals surface area contributed by atoms with Gasteiger partial charge in [-0.2, -0.15) is 0 Å². The number of imidazole rings is 1. The minimum Gasteiger partial charge on any atom is -0.493 e. The first-order valence-electron chi connectivity index (χ1n) is 13.5. The number of carbonyl (C=O) groups excluding carboxylic acids is 1. The molecular weight excluding hydrogens is 490 g/mol. The number of rotatable bonds is 7. The van der Waals surface area contributed by atoms with E-state index in [2.05, 4.69) is 42.2 Å². The summed E-state index contributed by atoms with van der Waals surface area (Å²) in [7, 11) is 3.23. The number of amides is 1. The lowest BCUT2D eigenvalue weighted by Gasteiger charge is -2.33. The summed E-state index contributed by atoms with van der Waals surface area (Å²) in [6, 6.07) is 19.4. The number of aryl methyl sites for hydroxylation is 1. The molecule has 0 spiro atoms. The first-order valence-corrected chi connectivity index (χ1v) is 13.5. The quantitative estimate of drug-likeness (QED) is 0.350. The van der Waals surface area contributed by atoms with Crippen molar-refractivity contribution in [2.75, 3.05) is 27.3 Å². The molecule has 4 aromatic rings. The molecule has 200 valence electrons. The number of nitrogens with one attached hydrogen (secondary N) is 1. The van der Waals surface area contributed by atoms with Crippen LogP contribution in [0.4, 0.5) is 0 Å². The summed E-state index contributed by atoms with van der Waals surface area (Å²) in [6.45, 7) is 5.17. The smallest absolute Gasteiger partial charge is 0.245 e. The third kappa shape index (κ3) is 4.65. The van der Waals surface area contributed by atoms with Crippen LogP contribution in [0.3, 0.4) is 0 Å². The van der Waals surface area contributed by atoms with Crippen LogP contribution in [0.25, 0.3) is 28.2 Å². The predicted octanol–water partition coefficient (Wildman–Crippen LogP) is 4.83. The zero-order valence-electron chi connectivity index (χ0n) is 22.4. The highest BCUT2D eigenvalue weighted by Crippen LogP contribution is 2.39. The maximum atomic E-state index is 11.9. The molecule has 8 nitrogen and oxygen atoms in total. The van der Waals surface area contributed by atoms with Gasteiger partial charge in [-0.25, -0.2) is 9.50 Å². The van der Waals surface area contributed by atoms with Crippen molar-refractivity contribution in [2.45, 2.75) is 37.8 Å². The average molecular weight is 524 g/mol. The number of likely N-dealkylation sites (tertiary alicyclic amines) is 1. The van der Waals surface area contributed by atoms with E-state index in [-0.39, 0.29) is 5.91 Å². The zero-order chi connectivity index (χ0) is 26.9. The van der Waals surface area contributed by atoms with Crippen molar-refractivity contribution in [3.05, 3.63) is 78.4 Å². The van der Waals surface area contributed by atoms with Gasteiger partial charge in [0.05, 0.1) is 19.9 Å². The number of hydrogen-bond acceptors (Lipinski definition) is 6. The highest BCUT2D eigenvalue weighted by atomic mass is 16.5. The Hall–Kier alpha value is -4.17. The molecule has 6 rings (SSSR count). The molecule has 3 heterocycles. The van der Waals surface area contributed by atoms with E-state index in [1.54, 1.807) is 20.3 Å². The van der Waals surface area contributed by atoms with Crippen molar-refractivity contribution in [3.8, 4) is 34.1 Å². The molecule has 0 saturated carbocycles. The number of aromatic nitrogens is 3. The van der Waals surface area contributed by atoms with Crippen LogP contribution >= 0.6 is 0 Å². The Labute approximate surface area is 228 Å². The van der Waals surface area contributed by atoms with Crippen LogP contribution in [0.1, 0.15) is 36.4 Å². The molecule has 2 aliphatic rings. The molecule has 2 aromatic heterocycles. The van der Waals surface area contributed by atoms with Crippen molar-refractivity contribution < 1.29 is 14.3 Å². The maximum absolute atomic E-state index is 11.9. The van der Waals surface area contributed by atoms with E-state index in [9.17, 15) is 4.79 Å². The molecule has 1 saturated heterocycles. The lowest BCUT2D eigenvalue weighted by molar-refractivity contribution is -0.127. The van der Waals surface area contributed by atoms with Gasteiger partial charge in [0, 0.05) is 42.4 Å². The molecule has 1 aliphatic heterocycles. The molecule has 1 aliphatic carbocycles. The molecule has 39 heavy (non-hydrogen) atoms. The zero-order valence-corrected chi connectivity index (χ0v) is 22.4. The van der Waals surface area contributed by atoms with Crippen LogP contribution in [0.15, 0.2) is 67.3 Å². The van der Waals surface area contributed by atoms with E-state index >= 15 is 0 Å². The van der Waals surface area contributed by atoms with Crippen LogP contribution in [-0.2, 0) is 11.2 Å². The fourth-order valence-corrected chi connectivity index (χ4v) is 5.90. The Kier molecular flexibility index (Phi) is 6.79. The van der Waals surface area contributed by atoms with E-state index in [0.29, 0.717) is 29.4 Å². The number of hydrogen-bond donors (Lipinski definition) is 1. The standard InChI is InChI=1S/C31H33N5O3/c1-4-28(37)35-16-14-23(15-17-35)32-25-13-11-21-18-22(10-12-24(21)25)29-30(20-8-6-5-7-9-20)36-31(33-29)26(38-2)19-27(34-36)39-3/h4-10,12,18-19,23,25,32H,1,11,13-17H2,2-3H3/t25-/m0/s1. The Balaban J connectivity index is 1.33. The molecule has 8 heteroatoms. The number of methoxy groups -OCH3 is 2. The molecule has 0 bridgehead atoms. The topological polar surface area (TPSA) is 81.0 Å².